The van der Waals surface area contributed by atoms with E-state index in [9.17, 15) is 5.11 Å². The van der Waals surface area contributed by atoms with Gasteiger partial charge in [0.25, 0.3) is 0 Å². The predicted molar refractivity (Wildman–Crippen MR) is 107 cm³/mol. The van der Waals surface area contributed by atoms with Crippen molar-refractivity contribution in [3.8, 4) is 5.75 Å². The van der Waals surface area contributed by atoms with E-state index in [2.05, 4.69) is 27.7 Å². The van der Waals surface area contributed by atoms with Crippen LogP contribution in [0.15, 0.2) is 24.3 Å². The smallest absolute Gasteiger partial charge is 0.118 e. The second kappa shape index (κ2) is 14.3. The van der Waals surface area contributed by atoms with Crippen molar-refractivity contribution in [1.29, 1.82) is 0 Å². The maximum Gasteiger partial charge on any atom is 0.118 e. The van der Waals surface area contributed by atoms with Gasteiger partial charge in [0, 0.05) is 12.5 Å². The van der Waals surface area contributed by atoms with Crippen LogP contribution in [0.5, 0.6) is 5.75 Å². The van der Waals surface area contributed by atoms with Crippen LogP contribution in [0, 0.1) is 5.92 Å². The van der Waals surface area contributed by atoms with Crippen molar-refractivity contribution >= 4 is 0 Å². The largest absolute Gasteiger partial charge is 0.497 e. The number of benzene rings is 1. The number of aliphatic hydroxyl groups is 1. The molecule has 0 radical (unpaired) electrons. The Morgan fingerprint density at radius 3 is 1.83 bits per heavy atom. The number of rotatable bonds is 7. The summed E-state index contributed by atoms with van der Waals surface area (Å²) < 4.78 is 5.15. The first-order valence-electron chi connectivity index (χ1n) is 9.40. The van der Waals surface area contributed by atoms with E-state index in [1.807, 2.05) is 45.0 Å². The number of hydrogen-bond donors (Lipinski definition) is 2. The molecule has 3 nitrogen and oxygen atoms in total. The van der Waals surface area contributed by atoms with Crippen molar-refractivity contribution in [3.05, 3.63) is 29.8 Å². The molecule has 24 heavy (non-hydrogen) atoms. The van der Waals surface area contributed by atoms with E-state index < -0.39 is 5.60 Å². The third-order valence-electron chi connectivity index (χ3n) is 3.70. The molecule has 3 heteroatoms. The van der Waals surface area contributed by atoms with Crippen molar-refractivity contribution in [1.82, 2.24) is 0 Å². The van der Waals surface area contributed by atoms with Gasteiger partial charge in [-0.2, -0.15) is 0 Å². The fourth-order valence-electron chi connectivity index (χ4n) is 2.53. The Labute approximate surface area is 150 Å². The van der Waals surface area contributed by atoms with E-state index in [1.165, 1.54) is 0 Å². The van der Waals surface area contributed by atoms with E-state index >= 15 is 0 Å². The van der Waals surface area contributed by atoms with Crippen molar-refractivity contribution < 1.29 is 9.84 Å². The van der Waals surface area contributed by atoms with Gasteiger partial charge in [-0.05, 0) is 36.5 Å². The van der Waals surface area contributed by atoms with Crippen LogP contribution in [0.25, 0.3) is 0 Å². The minimum Gasteiger partial charge on any atom is -0.497 e. The summed E-state index contributed by atoms with van der Waals surface area (Å²) in [5, 5.41) is 10.7. The van der Waals surface area contributed by atoms with Crippen molar-refractivity contribution in [3.63, 3.8) is 0 Å². The molecule has 0 aliphatic heterocycles. The lowest BCUT2D eigenvalue weighted by atomic mass is 9.77. The van der Waals surface area contributed by atoms with E-state index in [-0.39, 0.29) is 5.92 Å². The van der Waals surface area contributed by atoms with Crippen LogP contribution in [0.3, 0.4) is 0 Å². The topological polar surface area (TPSA) is 55.5 Å². The van der Waals surface area contributed by atoms with E-state index in [0.717, 1.165) is 30.1 Å². The average Bonchev–Trinajstić information content (AvgIpc) is 2.57. The summed E-state index contributed by atoms with van der Waals surface area (Å²) in [5.41, 5.74) is 6.25. The van der Waals surface area contributed by atoms with E-state index in [4.69, 9.17) is 10.5 Å². The highest BCUT2D eigenvalue weighted by molar-refractivity contribution is 5.31. The molecule has 1 aromatic carbocycles. The molecule has 0 aliphatic rings. The summed E-state index contributed by atoms with van der Waals surface area (Å²) in [6.07, 6.45) is 2.45. The van der Waals surface area contributed by atoms with Gasteiger partial charge in [0.1, 0.15) is 5.75 Å². The van der Waals surface area contributed by atoms with Gasteiger partial charge in [0.15, 0.2) is 0 Å². The molecule has 1 aromatic rings. The molecule has 0 amide bonds. The minimum atomic E-state index is -0.710. The van der Waals surface area contributed by atoms with Crippen LogP contribution >= 0.6 is 0 Å². The standard InChI is InChI=1S/C15H25NO2.C4H10.C2H6/c1-4-10-15(17,5-2)14(11-16)12-6-8-13(18-3)9-7-12;1-4(2)3;1-2/h6-9,14,17H,4-5,10-11,16H2,1-3H3;4H,1-3H3;1-2H3. The Bertz CT molecular complexity index is 387. The third-order valence-corrected chi connectivity index (χ3v) is 3.70. The van der Waals surface area contributed by atoms with Crippen molar-refractivity contribution in [2.75, 3.05) is 13.7 Å². The van der Waals surface area contributed by atoms with Gasteiger partial charge in [-0.15, -0.1) is 0 Å². The Hall–Kier alpha value is -1.06. The minimum absolute atomic E-state index is 0.0200. The molecule has 0 spiro atoms. The van der Waals surface area contributed by atoms with E-state index in [1.54, 1.807) is 7.11 Å². The van der Waals surface area contributed by atoms with Gasteiger partial charge < -0.3 is 15.6 Å². The summed E-state index contributed by atoms with van der Waals surface area (Å²) in [6, 6.07) is 7.82. The highest BCUT2D eigenvalue weighted by Crippen LogP contribution is 2.34. The lowest BCUT2D eigenvalue weighted by Crippen LogP contribution is -2.39. The highest BCUT2D eigenvalue weighted by Gasteiger charge is 2.34. The zero-order chi connectivity index (χ0) is 19.2. The van der Waals surface area contributed by atoms with Gasteiger partial charge in [-0.1, -0.05) is 67.0 Å². The second-order valence-electron chi connectivity index (χ2n) is 6.50. The first-order chi connectivity index (χ1) is 11.3. The molecule has 0 aromatic heterocycles. The fraction of sp³-hybridized carbons (Fsp3) is 0.714. The quantitative estimate of drug-likeness (QED) is 0.702. The first kappa shape index (κ1) is 25.2. The molecule has 0 saturated heterocycles. The summed E-state index contributed by atoms with van der Waals surface area (Å²) in [7, 11) is 1.65. The number of methoxy groups -OCH3 is 1. The number of ether oxygens (including phenoxy) is 1. The maximum absolute atomic E-state index is 10.7. The second-order valence-corrected chi connectivity index (χ2v) is 6.50. The molecule has 1 rings (SSSR count). The molecule has 0 bridgehead atoms. The third kappa shape index (κ3) is 9.29. The van der Waals surface area contributed by atoms with Crippen molar-refractivity contribution in [2.45, 2.75) is 79.2 Å². The molecule has 2 unspecified atom stereocenters. The monoisotopic (exact) mass is 339 g/mol. The number of hydrogen-bond acceptors (Lipinski definition) is 3. The predicted octanol–water partition coefficient (Wildman–Crippen LogP) is 5.37. The van der Waals surface area contributed by atoms with Crippen molar-refractivity contribution in [2.24, 2.45) is 11.7 Å². The van der Waals surface area contributed by atoms with Crippen LogP contribution in [0.1, 0.15) is 79.2 Å². The zero-order valence-electron chi connectivity index (χ0n) is 17.2. The lowest BCUT2D eigenvalue weighted by Gasteiger charge is -2.35. The summed E-state index contributed by atoms with van der Waals surface area (Å²) in [6.45, 7) is 15.1. The van der Waals surface area contributed by atoms with Gasteiger partial charge >= 0.3 is 0 Å². The molecular formula is C21H41NO2. The highest BCUT2D eigenvalue weighted by atomic mass is 16.5. The Balaban J connectivity index is 0. The number of nitrogens with two attached hydrogens (primary N) is 1. The SMILES string of the molecule is CC.CC(C)C.CCCC(O)(CC)C(CN)c1ccc(OC)cc1. The molecule has 0 heterocycles. The van der Waals surface area contributed by atoms with Crippen LogP contribution in [-0.4, -0.2) is 24.4 Å². The Morgan fingerprint density at radius 2 is 1.54 bits per heavy atom. The lowest BCUT2D eigenvalue weighted by molar-refractivity contribution is 0.00140. The molecule has 3 N–H and O–H groups in total. The molecule has 0 aliphatic carbocycles. The molecule has 2 atom stereocenters. The molecule has 0 fully saturated rings. The molecular weight excluding hydrogens is 298 g/mol. The van der Waals surface area contributed by atoms with Crippen LogP contribution in [0.4, 0.5) is 0 Å². The summed E-state index contributed by atoms with van der Waals surface area (Å²) in [5.74, 6) is 1.64. The normalized spacial score (nSPS) is 13.8. The Kier molecular flexibility index (Phi) is 15.0. The summed E-state index contributed by atoms with van der Waals surface area (Å²) >= 11 is 0. The fourth-order valence-corrected chi connectivity index (χ4v) is 2.53. The Morgan fingerprint density at radius 1 is 1.08 bits per heavy atom. The van der Waals surface area contributed by atoms with Crippen LogP contribution in [-0.2, 0) is 0 Å². The van der Waals surface area contributed by atoms with Gasteiger partial charge in [0.05, 0.1) is 12.7 Å². The van der Waals surface area contributed by atoms with Crippen LogP contribution < -0.4 is 10.5 Å². The van der Waals surface area contributed by atoms with Gasteiger partial charge in [-0.3, -0.25) is 0 Å². The molecule has 142 valence electrons. The van der Waals surface area contributed by atoms with E-state index in [0.29, 0.717) is 13.0 Å². The maximum atomic E-state index is 10.7. The summed E-state index contributed by atoms with van der Waals surface area (Å²) in [4.78, 5) is 0. The molecule has 0 saturated carbocycles. The van der Waals surface area contributed by atoms with Gasteiger partial charge in [-0.25, -0.2) is 0 Å². The van der Waals surface area contributed by atoms with Crippen LogP contribution in [0.2, 0.25) is 0 Å². The zero-order valence-corrected chi connectivity index (χ0v) is 17.2. The van der Waals surface area contributed by atoms with Gasteiger partial charge in [0.2, 0.25) is 0 Å². The first-order valence-corrected chi connectivity index (χ1v) is 9.40. The average molecular weight is 340 g/mol.